The first kappa shape index (κ1) is 12.9. The van der Waals surface area contributed by atoms with E-state index in [-0.39, 0.29) is 0 Å². The molecule has 2 rings (SSSR count). The lowest BCUT2D eigenvalue weighted by atomic mass is 10.2. The van der Waals surface area contributed by atoms with Gasteiger partial charge in [-0.2, -0.15) is 9.97 Å². The van der Waals surface area contributed by atoms with Gasteiger partial charge in [0.05, 0.1) is 0 Å². The fraction of sp³-hybridized carbons (Fsp3) is 0.692. The zero-order valence-electron chi connectivity index (χ0n) is 11.1. The summed E-state index contributed by atoms with van der Waals surface area (Å²) in [4.78, 5) is 8.34. The molecule has 0 atom stereocenters. The van der Waals surface area contributed by atoms with E-state index in [9.17, 15) is 0 Å². The molecular weight excluding hydrogens is 226 g/mol. The van der Waals surface area contributed by atoms with Gasteiger partial charge in [-0.3, -0.25) is 0 Å². The number of nitrogens with two attached hydrogens (primary N) is 1. The van der Waals surface area contributed by atoms with Crippen LogP contribution in [-0.2, 0) is 0 Å². The van der Waals surface area contributed by atoms with Gasteiger partial charge in [-0.25, -0.2) is 0 Å². The van der Waals surface area contributed by atoms with Gasteiger partial charge in [0, 0.05) is 19.2 Å². The summed E-state index contributed by atoms with van der Waals surface area (Å²) in [5.74, 6) is 2.93. The average Bonchev–Trinajstić information content (AvgIpc) is 3.15. The first-order valence-corrected chi connectivity index (χ1v) is 6.90. The zero-order chi connectivity index (χ0) is 12.8. The van der Waals surface area contributed by atoms with Crippen molar-refractivity contribution in [1.29, 1.82) is 0 Å². The van der Waals surface area contributed by atoms with Crippen molar-refractivity contribution in [2.24, 2.45) is 5.92 Å². The highest BCUT2D eigenvalue weighted by Gasteiger charge is 2.19. The van der Waals surface area contributed by atoms with E-state index in [0.717, 1.165) is 37.1 Å². The molecule has 18 heavy (non-hydrogen) atoms. The lowest BCUT2D eigenvalue weighted by Gasteiger charge is -2.09. The van der Waals surface area contributed by atoms with E-state index in [0.29, 0.717) is 5.95 Å². The maximum Gasteiger partial charge on any atom is 0.223 e. The fourth-order valence-electron chi connectivity index (χ4n) is 1.91. The highest BCUT2D eigenvalue weighted by molar-refractivity contribution is 5.50. The fourth-order valence-corrected chi connectivity index (χ4v) is 1.91. The van der Waals surface area contributed by atoms with Gasteiger partial charge in [-0.1, -0.05) is 19.8 Å². The Morgan fingerprint density at radius 3 is 2.50 bits per heavy atom. The summed E-state index contributed by atoms with van der Waals surface area (Å²) in [5, 5.41) is 6.54. The van der Waals surface area contributed by atoms with Crippen LogP contribution in [0.25, 0.3) is 0 Å². The summed E-state index contributed by atoms with van der Waals surface area (Å²) < 4.78 is 0. The molecule has 1 aliphatic rings. The van der Waals surface area contributed by atoms with E-state index in [1.54, 1.807) is 0 Å². The van der Waals surface area contributed by atoms with E-state index in [1.165, 1.54) is 25.7 Å². The Kier molecular flexibility index (Phi) is 4.61. The number of nitrogen functional groups attached to an aromatic ring is 1. The monoisotopic (exact) mass is 249 g/mol. The molecule has 1 fully saturated rings. The molecule has 0 aromatic carbocycles. The standard InChI is InChI=1S/C13H23N5/c1-2-7-15-11-9-12(18-13(14)17-11)16-8-3-4-10-5-6-10/h9-10H,2-8H2,1H3,(H4,14,15,16,17,18). The normalized spacial score (nSPS) is 14.5. The van der Waals surface area contributed by atoms with Crippen molar-refractivity contribution >= 4 is 17.6 Å². The molecule has 1 aromatic heterocycles. The van der Waals surface area contributed by atoms with Crippen molar-refractivity contribution in [3.8, 4) is 0 Å². The minimum absolute atomic E-state index is 0.320. The van der Waals surface area contributed by atoms with Crippen molar-refractivity contribution in [1.82, 2.24) is 9.97 Å². The molecule has 0 saturated heterocycles. The largest absolute Gasteiger partial charge is 0.370 e. The Labute approximate surface area is 109 Å². The van der Waals surface area contributed by atoms with Gasteiger partial charge < -0.3 is 16.4 Å². The second kappa shape index (κ2) is 6.42. The van der Waals surface area contributed by atoms with Crippen LogP contribution in [0.1, 0.15) is 39.0 Å². The van der Waals surface area contributed by atoms with Crippen molar-refractivity contribution < 1.29 is 0 Å². The van der Waals surface area contributed by atoms with Gasteiger partial charge in [0.2, 0.25) is 5.95 Å². The number of aromatic nitrogens is 2. The lowest BCUT2D eigenvalue weighted by molar-refractivity contribution is 0.686. The Hall–Kier alpha value is -1.52. The minimum Gasteiger partial charge on any atom is -0.370 e. The molecule has 1 heterocycles. The molecule has 0 spiro atoms. The molecule has 4 N–H and O–H groups in total. The van der Waals surface area contributed by atoms with Gasteiger partial charge in [0.25, 0.3) is 0 Å². The third-order valence-corrected chi connectivity index (χ3v) is 3.09. The second-order valence-electron chi connectivity index (χ2n) is 4.94. The maximum atomic E-state index is 5.69. The van der Waals surface area contributed by atoms with Gasteiger partial charge in [-0.15, -0.1) is 0 Å². The van der Waals surface area contributed by atoms with Crippen LogP contribution in [-0.4, -0.2) is 23.1 Å². The molecule has 1 aliphatic carbocycles. The predicted octanol–water partition coefficient (Wildman–Crippen LogP) is 2.48. The molecule has 0 aliphatic heterocycles. The summed E-state index contributed by atoms with van der Waals surface area (Å²) in [6.45, 7) is 3.98. The summed E-state index contributed by atoms with van der Waals surface area (Å²) in [7, 11) is 0. The van der Waals surface area contributed by atoms with Crippen molar-refractivity contribution in [3.05, 3.63) is 6.07 Å². The molecule has 100 valence electrons. The quantitative estimate of drug-likeness (QED) is 0.617. The van der Waals surface area contributed by atoms with Crippen LogP contribution in [0, 0.1) is 5.92 Å². The Bertz CT molecular complexity index is 376. The first-order chi connectivity index (χ1) is 8.78. The zero-order valence-corrected chi connectivity index (χ0v) is 11.1. The summed E-state index contributed by atoms with van der Waals surface area (Å²) >= 11 is 0. The van der Waals surface area contributed by atoms with Gasteiger partial charge >= 0.3 is 0 Å². The molecule has 1 aromatic rings. The van der Waals surface area contributed by atoms with Crippen LogP contribution >= 0.6 is 0 Å². The first-order valence-electron chi connectivity index (χ1n) is 6.90. The lowest BCUT2D eigenvalue weighted by Crippen LogP contribution is -2.09. The topological polar surface area (TPSA) is 75.9 Å². The van der Waals surface area contributed by atoms with E-state index < -0.39 is 0 Å². The number of hydrogen-bond donors (Lipinski definition) is 3. The third kappa shape index (κ3) is 4.39. The Morgan fingerprint density at radius 1 is 1.22 bits per heavy atom. The number of hydrogen-bond acceptors (Lipinski definition) is 5. The molecule has 0 unspecified atom stereocenters. The van der Waals surface area contributed by atoms with Crippen LogP contribution in [0.4, 0.5) is 17.6 Å². The van der Waals surface area contributed by atoms with E-state index in [1.807, 2.05) is 6.07 Å². The molecule has 0 bridgehead atoms. The van der Waals surface area contributed by atoms with Gasteiger partial charge in [0.1, 0.15) is 11.6 Å². The van der Waals surface area contributed by atoms with Gasteiger partial charge in [-0.05, 0) is 25.2 Å². The number of nitrogens with one attached hydrogen (secondary N) is 2. The Balaban J connectivity index is 1.79. The van der Waals surface area contributed by atoms with Gasteiger partial charge in [0.15, 0.2) is 0 Å². The van der Waals surface area contributed by atoms with Crippen LogP contribution in [0.15, 0.2) is 6.07 Å². The average molecular weight is 249 g/mol. The van der Waals surface area contributed by atoms with Crippen molar-refractivity contribution in [2.45, 2.75) is 39.0 Å². The number of rotatable bonds is 8. The third-order valence-electron chi connectivity index (χ3n) is 3.09. The molecule has 5 nitrogen and oxygen atoms in total. The van der Waals surface area contributed by atoms with E-state index in [2.05, 4.69) is 27.5 Å². The number of anilines is 3. The van der Waals surface area contributed by atoms with E-state index in [4.69, 9.17) is 5.73 Å². The molecule has 5 heteroatoms. The Morgan fingerprint density at radius 2 is 1.89 bits per heavy atom. The second-order valence-corrected chi connectivity index (χ2v) is 4.94. The summed E-state index contributed by atoms with van der Waals surface area (Å²) in [5.41, 5.74) is 5.69. The maximum absolute atomic E-state index is 5.69. The van der Waals surface area contributed by atoms with E-state index >= 15 is 0 Å². The van der Waals surface area contributed by atoms with Crippen LogP contribution in [0.3, 0.4) is 0 Å². The highest BCUT2D eigenvalue weighted by Crippen LogP contribution is 2.33. The van der Waals surface area contributed by atoms with Crippen molar-refractivity contribution in [2.75, 3.05) is 29.5 Å². The molecule has 0 radical (unpaired) electrons. The summed E-state index contributed by atoms with van der Waals surface area (Å²) in [6.07, 6.45) is 6.44. The van der Waals surface area contributed by atoms with Crippen molar-refractivity contribution in [3.63, 3.8) is 0 Å². The number of nitrogens with zero attached hydrogens (tertiary/aromatic N) is 2. The van der Waals surface area contributed by atoms with Crippen LogP contribution in [0.2, 0.25) is 0 Å². The summed E-state index contributed by atoms with van der Waals surface area (Å²) in [6, 6.07) is 1.92. The highest BCUT2D eigenvalue weighted by atomic mass is 15.1. The van der Waals surface area contributed by atoms with Crippen LogP contribution in [0.5, 0.6) is 0 Å². The minimum atomic E-state index is 0.320. The predicted molar refractivity (Wildman–Crippen MR) is 75.7 cm³/mol. The smallest absolute Gasteiger partial charge is 0.223 e. The molecule has 0 amide bonds. The molecular formula is C13H23N5. The molecule has 1 saturated carbocycles. The SMILES string of the molecule is CCCNc1cc(NCCCC2CC2)nc(N)n1. The van der Waals surface area contributed by atoms with Crippen LogP contribution < -0.4 is 16.4 Å².